The molecule has 0 aliphatic heterocycles. The maximum Gasteiger partial charge on any atom is 0.244 e. The van der Waals surface area contributed by atoms with Gasteiger partial charge in [-0.15, -0.1) is 0 Å². The SMILES string of the molecule is CCCCc1noc(C(C)S(=O)(=O)CCCCC#N)n1. The topological polar surface area (TPSA) is 96.9 Å². The lowest BCUT2D eigenvalue weighted by molar-refractivity contribution is 0.370. The molecule has 0 aliphatic rings. The Labute approximate surface area is 120 Å². The molecular formula is C13H21N3O3S. The summed E-state index contributed by atoms with van der Waals surface area (Å²) in [5, 5.41) is 11.4. The monoisotopic (exact) mass is 299 g/mol. The number of sulfone groups is 1. The van der Waals surface area contributed by atoms with E-state index in [1.54, 1.807) is 6.92 Å². The van der Waals surface area contributed by atoms with Crippen LogP contribution in [0.5, 0.6) is 0 Å². The van der Waals surface area contributed by atoms with E-state index in [2.05, 4.69) is 17.1 Å². The van der Waals surface area contributed by atoms with Crippen molar-refractivity contribution in [3.8, 4) is 6.07 Å². The highest BCUT2D eigenvalue weighted by atomic mass is 32.2. The first-order valence-corrected chi connectivity index (χ1v) is 8.63. The van der Waals surface area contributed by atoms with Crippen LogP contribution in [0.3, 0.4) is 0 Å². The van der Waals surface area contributed by atoms with Gasteiger partial charge >= 0.3 is 0 Å². The van der Waals surface area contributed by atoms with Gasteiger partial charge in [0.1, 0.15) is 5.25 Å². The number of nitriles is 1. The summed E-state index contributed by atoms with van der Waals surface area (Å²) in [7, 11) is -3.31. The Hall–Kier alpha value is -1.42. The second kappa shape index (κ2) is 8.00. The van der Waals surface area contributed by atoms with E-state index in [1.807, 2.05) is 6.07 Å². The van der Waals surface area contributed by atoms with Gasteiger partial charge in [0.2, 0.25) is 5.89 Å². The lowest BCUT2D eigenvalue weighted by Crippen LogP contribution is -2.14. The van der Waals surface area contributed by atoms with Crippen LogP contribution in [0.1, 0.15) is 62.9 Å². The van der Waals surface area contributed by atoms with E-state index in [9.17, 15) is 8.42 Å². The molecular weight excluding hydrogens is 278 g/mol. The molecule has 0 fully saturated rings. The second-order valence-electron chi connectivity index (χ2n) is 4.78. The van der Waals surface area contributed by atoms with E-state index in [-0.39, 0.29) is 11.6 Å². The van der Waals surface area contributed by atoms with Gasteiger partial charge in [-0.3, -0.25) is 0 Å². The summed E-state index contributed by atoms with van der Waals surface area (Å²) >= 11 is 0. The minimum atomic E-state index is -3.31. The average molecular weight is 299 g/mol. The third kappa shape index (κ3) is 4.93. The molecule has 20 heavy (non-hydrogen) atoms. The van der Waals surface area contributed by atoms with Crippen LogP contribution in [0.4, 0.5) is 0 Å². The standard InChI is InChI=1S/C13H21N3O3S/c1-3-4-8-12-15-13(19-16-12)11(2)20(17,18)10-7-5-6-9-14/h11H,3-8,10H2,1-2H3. The van der Waals surface area contributed by atoms with Gasteiger partial charge in [0.15, 0.2) is 15.7 Å². The van der Waals surface area contributed by atoms with Crippen molar-refractivity contribution in [3.63, 3.8) is 0 Å². The number of rotatable bonds is 9. The number of nitrogens with zero attached hydrogens (tertiary/aromatic N) is 3. The van der Waals surface area contributed by atoms with Crippen molar-refractivity contribution in [2.75, 3.05) is 5.75 Å². The van der Waals surface area contributed by atoms with Gasteiger partial charge in [-0.25, -0.2) is 8.42 Å². The van der Waals surface area contributed by atoms with E-state index in [1.165, 1.54) is 0 Å². The van der Waals surface area contributed by atoms with E-state index in [0.29, 0.717) is 31.5 Å². The van der Waals surface area contributed by atoms with E-state index < -0.39 is 15.1 Å². The zero-order valence-corrected chi connectivity index (χ0v) is 12.8. The molecule has 6 nitrogen and oxygen atoms in total. The molecule has 0 saturated carbocycles. The van der Waals surface area contributed by atoms with Crippen molar-refractivity contribution >= 4 is 9.84 Å². The predicted molar refractivity (Wildman–Crippen MR) is 74.6 cm³/mol. The molecule has 0 bridgehead atoms. The lowest BCUT2D eigenvalue weighted by Gasteiger charge is -2.07. The zero-order valence-electron chi connectivity index (χ0n) is 12.0. The molecule has 0 N–H and O–H groups in total. The minimum absolute atomic E-state index is 0.0442. The molecule has 0 radical (unpaired) electrons. The van der Waals surface area contributed by atoms with Gasteiger partial charge in [-0.2, -0.15) is 10.2 Å². The Kier molecular flexibility index (Phi) is 6.65. The first-order chi connectivity index (χ1) is 9.51. The van der Waals surface area contributed by atoms with Gasteiger partial charge in [-0.1, -0.05) is 18.5 Å². The normalized spacial score (nSPS) is 13.1. The van der Waals surface area contributed by atoms with Crippen LogP contribution in [0.2, 0.25) is 0 Å². The van der Waals surface area contributed by atoms with Crippen LogP contribution in [0.15, 0.2) is 4.52 Å². The van der Waals surface area contributed by atoms with Crippen LogP contribution in [0.25, 0.3) is 0 Å². The van der Waals surface area contributed by atoms with Crippen LogP contribution in [-0.4, -0.2) is 24.3 Å². The maximum absolute atomic E-state index is 12.1. The third-order valence-corrected chi connectivity index (χ3v) is 5.23. The fourth-order valence-electron chi connectivity index (χ4n) is 1.71. The Bertz CT molecular complexity index is 545. The molecule has 1 heterocycles. The summed E-state index contributed by atoms with van der Waals surface area (Å²) < 4.78 is 29.3. The summed E-state index contributed by atoms with van der Waals surface area (Å²) in [5.74, 6) is 0.771. The maximum atomic E-state index is 12.1. The zero-order chi connectivity index (χ0) is 15.0. The highest BCUT2D eigenvalue weighted by Crippen LogP contribution is 2.22. The van der Waals surface area contributed by atoms with Crippen molar-refractivity contribution < 1.29 is 12.9 Å². The highest BCUT2D eigenvalue weighted by molar-refractivity contribution is 7.91. The molecule has 7 heteroatoms. The largest absolute Gasteiger partial charge is 0.338 e. The average Bonchev–Trinajstić information content (AvgIpc) is 2.89. The summed E-state index contributed by atoms with van der Waals surface area (Å²) in [6, 6.07) is 2.00. The molecule has 0 aromatic carbocycles. The summed E-state index contributed by atoms with van der Waals surface area (Å²) in [4.78, 5) is 4.15. The Morgan fingerprint density at radius 1 is 1.35 bits per heavy atom. The highest BCUT2D eigenvalue weighted by Gasteiger charge is 2.27. The van der Waals surface area contributed by atoms with E-state index in [4.69, 9.17) is 9.78 Å². The Morgan fingerprint density at radius 2 is 2.10 bits per heavy atom. The number of hydrogen-bond donors (Lipinski definition) is 0. The molecule has 0 saturated heterocycles. The number of aryl methyl sites for hydroxylation is 1. The number of aromatic nitrogens is 2. The Morgan fingerprint density at radius 3 is 2.75 bits per heavy atom. The quantitative estimate of drug-likeness (QED) is 0.650. The van der Waals surface area contributed by atoms with Crippen molar-refractivity contribution in [2.24, 2.45) is 0 Å². The molecule has 1 rings (SSSR count). The molecule has 1 unspecified atom stereocenters. The summed E-state index contributed by atoms with van der Waals surface area (Å²) in [5.41, 5.74) is 0. The lowest BCUT2D eigenvalue weighted by atomic mass is 10.2. The summed E-state index contributed by atoms with van der Waals surface area (Å²) in [6.07, 6.45) is 4.14. The Balaban J connectivity index is 2.61. The first kappa shape index (κ1) is 16.6. The molecule has 0 amide bonds. The summed E-state index contributed by atoms with van der Waals surface area (Å²) in [6.45, 7) is 3.63. The van der Waals surface area contributed by atoms with Gasteiger partial charge in [0.25, 0.3) is 0 Å². The van der Waals surface area contributed by atoms with Gasteiger partial charge in [-0.05, 0) is 26.2 Å². The fraction of sp³-hybridized carbons (Fsp3) is 0.769. The predicted octanol–water partition coefficient (Wildman–Crippen LogP) is 2.58. The van der Waals surface area contributed by atoms with Crippen LogP contribution < -0.4 is 0 Å². The molecule has 0 spiro atoms. The van der Waals surface area contributed by atoms with E-state index in [0.717, 1.165) is 12.8 Å². The molecule has 1 aromatic rings. The van der Waals surface area contributed by atoms with Gasteiger partial charge in [0, 0.05) is 12.8 Å². The molecule has 112 valence electrons. The van der Waals surface area contributed by atoms with Crippen molar-refractivity contribution in [3.05, 3.63) is 11.7 Å². The number of hydrogen-bond acceptors (Lipinski definition) is 6. The minimum Gasteiger partial charge on any atom is -0.338 e. The molecule has 0 aliphatic carbocycles. The van der Waals surface area contributed by atoms with Crippen molar-refractivity contribution in [2.45, 2.75) is 57.6 Å². The fourth-order valence-corrected chi connectivity index (χ4v) is 3.07. The van der Waals surface area contributed by atoms with Crippen LogP contribution in [-0.2, 0) is 16.3 Å². The molecule has 1 atom stereocenters. The number of unbranched alkanes of at least 4 members (excludes halogenated alkanes) is 3. The van der Waals surface area contributed by atoms with Crippen molar-refractivity contribution in [1.29, 1.82) is 5.26 Å². The second-order valence-corrected chi connectivity index (χ2v) is 7.22. The van der Waals surface area contributed by atoms with Crippen molar-refractivity contribution in [1.82, 2.24) is 10.1 Å². The van der Waals surface area contributed by atoms with Gasteiger partial charge in [0.05, 0.1) is 11.8 Å². The smallest absolute Gasteiger partial charge is 0.244 e. The molecule has 1 aromatic heterocycles. The third-order valence-electron chi connectivity index (χ3n) is 3.09. The van der Waals surface area contributed by atoms with Crippen LogP contribution in [0, 0.1) is 11.3 Å². The van der Waals surface area contributed by atoms with Crippen LogP contribution >= 0.6 is 0 Å². The first-order valence-electron chi connectivity index (χ1n) is 6.92. The van der Waals surface area contributed by atoms with E-state index >= 15 is 0 Å². The van der Waals surface area contributed by atoms with Gasteiger partial charge < -0.3 is 4.52 Å².